The molecule has 0 radical (unpaired) electrons. The van der Waals surface area contributed by atoms with E-state index >= 15 is 0 Å². The molecule has 6 nitrogen and oxygen atoms in total. The van der Waals surface area contributed by atoms with E-state index in [1.807, 2.05) is 6.92 Å². The molecule has 0 bridgehead atoms. The van der Waals surface area contributed by atoms with Crippen LogP contribution < -0.4 is 0 Å². The maximum Gasteiger partial charge on any atom is 0.256 e. The SMILES string of the molecule is Cc1ccc2c(n1)C1CN(S(=O)(=O)c3ccc(CF)cc3C)CCN1C2=O. The van der Waals surface area contributed by atoms with Gasteiger partial charge in [-0.2, -0.15) is 4.31 Å². The second-order valence-corrected chi connectivity index (χ2v) is 8.90. The third-order valence-corrected chi connectivity index (χ3v) is 7.25. The largest absolute Gasteiger partial charge is 0.327 e. The standard InChI is InChI=1S/C19H20FN3O3S/c1-12-9-14(10-20)4-6-17(12)27(25,26)22-7-8-23-16(11-22)18-15(19(23)24)5-3-13(2)21-18/h3-6,9,16H,7-8,10-11H2,1-2H3. The number of halogens is 1. The normalized spacial score (nSPS) is 19.9. The fraction of sp³-hybridized carbons (Fsp3) is 0.368. The van der Waals surface area contributed by atoms with Gasteiger partial charge in [-0.3, -0.25) is 9.78 Å². The number of nitrogens with zero attached hydrogens (tertiary/aromatic N) is 3. The number of aryl methyl sites for hydroxylation is 2. The molecule has 3 heterocycles. The number of hydrogen-bond donors (Lipinski definition) is 0. The molecular weight excluding hydrogens is 369 g/mol. The molecule has 1 aromatic heterocycles. The van der Waals surface area contributed by atoms with Gasteiger partial charge in [-0.05, 0) is 43.2 Å². The molecule has 8 heteroatoms. The zero-order valence-corrected chi connectivity index (χ0v) is 16.0. The quantitative estimate of drug-likeness (QED) is 0.808. The summed E-state index contributed by atoms with van der Waals surface area (Å²) in [6, 6.07) is 7.69. The number of pyridine rings is 1. The summed E-state index contributed by atoms with van der Waals surface area (Å²) in [7, 11) is -3.74. The van der Waals surface area contributed by atoms with Crippen molar-refractivity contribution in [3.63, 3.8) is 0 Å². The van der Waals surface area contributed by atoms with Gasteiger partial charge in [0.05, 0.1) is 22.2 Å². The highest BCUT2D eigenvalue weighted by atomic mass is 32.2. The molecular formula is C19H20FN3O3S. The van der Waals surface area contributed by atoms with Gasteiger partial charge in [0.1, 0.15) is 6.67 Å². The molecule has 1 saturated heterocycles. The number of fused-ring (bicyclic) bond motifs is 3. The van der Waals surface area contributed by atoms with Gasteiger partial charge < -0.3 is 4.90 Å². The van der Waals surface area contributed by atoms with Crippen molar-refractivity contribution in [2.75, 3.05) is 19.6 Å². The van der Waals surface area contributed by atoms with Gasteiger partial charge in [-0.1, -0.05) is 12.1 Å². The zero-order valence-electron chi connectivity index (χ0n) is 15.1. The van der Waals surface area contributed by atoms with E-state index in [0.29, 0.717) is 28.9 Å². The molecule has 0 aliphatic carbocycles. The van der Waals surface area contributed by atoms with Crippen molar-refractivity contribution in [3.8, 4) is 0 Å². The Morgan fingerprint density at radius 3 is 2.67 bits per heavy atom. The van der Waals surface area contributed by atoms with Crippen molar-refractivity contribution in [1.82, 2.24) is 14.2 Å². The van der Waals surface area contributed by atoms with Crippen LogP contribution in [0, 0.1) is 13.8 Å². The summed E-state index contributed by atoms with van der Waals surface area (Å²) in [5.41, 5.74) is 2.95. The lowest BCUT2D eigenvalue weighted by Crippen LogP contribution is -2.49. The molecule has 0 spiro atoms. The summed E-state index contributed by atoms with van der Waals surface area (Å²) in [5.74, 6) is -0.0944. The first-order valence-electron chi connectivity index (χ1n) is 8.77. The molecule has 2 aliphatic heterocycles. The van der Waals surface area contributed by atoms with E-state index in [9.17, 15) is 17.6 Å². The monoisotopic (exact) mass is 389 g/mol. The average molecular weight is 389 g/mol. The topological polar surface area (TPSA) is 70.6 Å². The number of rotatable bonds is 3. The summed E-state index contributed by atoms with van der Waals surface area (Å²) in [4.78, 5) is 18.9. The second-order valence-electron chi connectivity index (χ2n) is 7.00. The number of amides is 1. The van der Waals surface area contributed by atoms with Crippen LogP contribution in [0.15, 0.2) is 35.2 Å². The zero-order chi connectivity index (χ0) is 19.3. The Labute approximate surface area is 157 Å². The lowest BCUT2D eigenvalue weighted by atomic mass is 10.1. The molecule has 1 unspecified atom stereocenters. The first-order chi connectivity index (χ1) is 12.8. The highest BCUT2D eigenvalue weighted by Gasteiger charge is 2.44. The second kappa shape index (κ2) is 6.38. The smallest absolute Gasteiger partial charge is 0.256 e. The van der Waals surface area contributed by atoms with Crippen molar-refractivity contribution >= 4 is 15.9 Å². The molecule has 1 fully saturated rings. The van der Waals surface area contributed by atoms with Crippen molar-refractivity contribution in [2.45, 2.75) is 31.5 Å². The third kappa shape index (κ3) is 2.83. The predicted molar refractivity (Wildman–Crippen MR) is 97.5 cm³/mol. The van der Waals surface area contributed by atoms with E-state index in [1.54, 1.807) is 30.0 Å². The Balaban J connectivity index is 1.68. The molecule has 2 aliphatic rings. The van der Waals surface area contributed by atoms with Gasteiger partial charge in [0, 0.05) is 25.3 Å². The van der Waals surface area contributed by atoms with E-state index in [0.717, 1.165) is 5.69 Å². The number of aromatic nitrogens is 1. The van der Waals surface area contributed by atoms with Crippen molar-refractivity contribution < 1.29 is 17.6 Å². The molecule has 142 valence electrons. The average Bonchev–Trinajstić information content (AvgIpc) is 2.92. The Bertz CT molecular complexity index is 1040. The highest BCUT2D eigenvalue weighted by molar-refractivity contribution is 7.89. The first kappa shape index (κ1) is 18.1. The van der Waals surface area contributed by atoms with Gasteiger partial charge >= 0.3 is 0 Å². The number of carbonyl (C=O) groups is 1. The summed E-state index contributed by atoms with van der Waals surface area (Å²) >= 11 is 0. The van der Waals surface area contributed by atoms with Gasteiger partial charge in [-0.25, -0.2) is 12.8 Å². The number of carbonyl (C=O) groups excluding carboxylic acids is 1. The predicted octanol–water partition coefficient (Wildman–Crippen LogP) is 2.37. The Kier molecular flexibility index (Phi) is 4.27. The van der Waals surface area contributed by atoms with Gasteiger partial charge in [0.15, 0.2) is 0 Å². The van der Waals surface area contributed by atoms with E-state index in [-0.39, 0.29) is 29.9 Å². The summed E-state index contributed by atoms with van der Waals surface area (Å²) in [5, 5.41) is 0. The minimum Gasteiger partial charge on any atom is -0.327 e. The summed E-state index contributed by atoms with van der Waals surface area (Å²) < 4.78 is 40.6. The highest BCUT2D eigenvalue weighted by Crippen LogP contribution is 2.36. The molecule has 0 N–H and O–H groups in total. The Hall–Kier alpha value is -2.32. The fourth-order valence-corrected chi connectivity index (χ4v) is 5.49. The van der Waals surface area contributed by atoms with E-state index in [4.69, 9.17) is 0 Å². The lowest BCUT2D eigenvalue weighted by Gasteiger charge is -2.36. The third-order valence-electron chi connectivity index (χ3n) is 5.23. The summed E-state index contributed by atoms with van der Waals surface area (Å²) in [6.45, 7) is 3.59. The number of piperazine rings is 1. The molecule has 2 aromatic rings. The van der Waals surface area contributed by atoms with Gasteiger partial charge in [0.25, 0.3) is 5.91 Å². The number of benzene rings is 1. The number of alkyl halides is 1. The van der Waals surface area contributed by atoms with Crippen LogP contribution in [0.2, 0.25) is 0 Å². The molecule has 1 aromatic carbocycles. The number of hydrogen-bond acceptors (Lipinski definition) is 4. The minimum atomic E-state index is -3.74. The first-order valence-corrected chi connectivity index (χ1v) is 10.2. The van der Waals surface area contributed by atoms with E-state index in [2.05, 4.69) is 4.98 Å². The maximum atomic E-state index is 13.2. The number of sulfonamides is 1. The van der Waals surface area contributed by atoms with Crippen LogP contribution in [0.4, 0.5) is 4.39 Å². The molecule has 1 amide bonds. The van der Waals surface area contributed by atoms with E-state index < -0.39 is 16.7 Å². The van der Waals surface area contributed by atoms with Crippen LogP contribution in [0.25, 0.3) is 0 Å². The fourth-order valence-electron chi connectivity index (χ4n) is 3.84. The Morgan fingerprint density at radius 2 is 1.96 bits per heavy atom. The molecule has 27 heavy (non-hydrogen) atoms. The van der Waals surface area contributed by atoms with Crippen LogP contribution in [0.1, 0.15) is 38.9 Å². The van der Waals surface area contributed by atoms with Crippen LogP contribution in [0.5, 0.6) is 0 Å². The van der Waals surface area contributed by atoms with Crippen LogP contribution >= 0.6 is 0 Å². The van der Waals surface area contributed by atoms with Crippen molar-refractivity contribution in [1.29, 1.82) is 0 Å². The van der Waals surface area contributed by atoms with Gasteiger partial charge in [-0.15, -0.1) is 0 Å². The van der Waals surface area contributed by atoms with Crippen LogP contribution in [-0.2, 0) is 16.7 Å². The Morgan fingerprint density at radius 1 is 1.19 bits per heavy atom. The molecule has 0 saturated carbocycles. The molecule has 1 atom stereocenters. The summed E-state index contributed by atoms with van der Waals surface area (Å²) in [6.07, 6.45) is 0. The molecule has 4 rings (SSSR count). The van der Waals surface area contributed by atoms with Crippen molar-refractivity contribution in [3.05, 3.63) is 58.4 Å². The lowest BCUT2D eigenvalue weighted by molar-refractivity contribution is 0.0625. The van der Waals surface area contributed by atoms with Crippen LogP contribution in [-0.4, -0.2) is 48.1 Å². The van der Waals surface area contributed by atoms with Crippen LogP contribution in [0.3, 0.4) is 0 Å². The van der Waals surface area contributed by atoms with Crippen molar-refractivity contribution in [2.24, 2.45) is 0 Å². The maximum absolute atomic E-state index is 13.2. The minimum absolute atomic E-state index is 0.0944. The van der Waals surface area contributed by atoms with E-state index in [1.165, 1.54) is 16.4 Å². The van der Waals surface area contributed by atoms with Gasteiger partial charge in [0.2, 0.25) is 10.0 Å².